The molecule has 0 spiro atoms. The Bertz CT molecular complexity index is 1600. The molecule has 1 unspecified atom stereocenters. The van der Waals surface area contributed by atoms with Crippen molar-refractivity contribution in [2.45, 2.75) is 180 Å². The topological polar surface area (TPSA) is 114 Å². The number of nitrogens with one attached hydrogen (secondary N) is 3. The van der Waals surface area contributed by atoms with E-state index in [-0.39, 0.29) is 34.9 Å². The minimum atomic E-state index is -1.37. The van der Waals surface area contributed by atoms with Gasteiger partial charge < -0.3 is 20.7 Å². The molecule has 0 fully saturated rings. The van der Waals surface area contributed by atoms with Gasteiger partial charge in [-0.2, -0.15) is 0 Å². The zero-order valence-corrected chi connectivity index (χ0v) is 40.8. The fraction of sp³-hybridized carbons (Fsp3) is 0.680. The maximum absolute atomic E-state index is 13.3. The van der Waals surface area contributed by atoms with E-state index < -0.39 is 16.1 Å². The van der Waals surface area contributed by atoms with E-state index in [9.17, 15) is 19.2 Å². The zero-order chi connectivity index (χ0) is 43.6. The summed E-state index contributed by atoms with van der Waals surface area (Å²) in [7, 11) is -2.71. The zero-order valence-electron chi connectivity index (χ0n) is 38.8. The van der Waals surface area contributed by atoms with Crippen LogP contribution in [0, 0.1) is 5.92 Å². The molecule has 3 N–H and O–H groups in total. The van der Waals surface area contributed by atoms with E-state index in [4.69, 9.17) is 4.74 Å². The van der Waals surface area contributed by atoms with Crippen molar-refractivity contribution in [1.29, 1.82) is 0 Å². The summed E-state index contributed by atoms with van der Waals surface area (Å²) in [5.74, 6) is -0.978. The maximum Gasteiger partial charge on any atom is 0.307 e. The van der Waals surface area contributed by atoms with E-state index in [0.29, 0.717) is 48.5 Å². The third-order valence-corrected chi connectivity index (χ3v) is 23.3. The second-order valence-electron chi connectivity index (χ2n) is 19.3. The van der Waals surface area contributed by atoms with Crippen molar-refractivity contribution in [3.8, 4) is 0 Å². The highest BCUT2D eigenvalue weighted by Gasteiger charge is 2.33. The average molecular weight is 862 g/mol. The molecule has 2 aromatic rings. The number of amides is 1. The number of rotatable bonds is 34. The van der Waals surface area contributed by atoms with Crippen molar-refractivity contribution in [2.24, 2.45) is 5.92 Å². The lowest BCUT2D eigenvalue weighted by molar-refractivity contribution is -0.143. The van der Waals surface area contributed by atoms with Crippen molar-refractivity contribution in [1.82, 2.24) is 10.6 Å². The standard InChI is InChI=1S/C50H83N3O5Si2/c1-7-8-9-10-11-12-13-14-15-16-17-18-19-20-21-24-36-58-46(54)32-35-51-33-26-37-59(3,4)40-60(5,6)38-27-34-52-39-41(2)50(57)53-45-31-25-30-44-47(45)49(56)43-29-23-22-28-42(43)48(44)55/h22-23,25,28-31,41,51-52H,7-21,24,26-27,32-40H2,1-6H3,(H,53,57). The number of hydrogen-bond acceptors (Lipinski definition) is 7. The number of ketones is 2. The molecule has 1 aliphatic carbocycles. The molecule has 336 valence electrons. The van der Waals surface area contributed by atoms with Crippen LogP contribution in [0.1, 0.15) is 168 Å². The van der Waals surface area contributed by atoms with Gasteiger partial charge in [0.05, 0.1) is 24.3 Å². The van der Waals surface area contributed by atoms with Crippen LogP contribution in [0.5, 0.6) is 0 Å². The smallest absolute Gasteiger partial charge is 0.307 e. The molecule has 10 heteroatoms. The van der Waals surface area contributed by atoms with Gasteiger partial charge in [-0.15, -0.1) is 0 Å². The van der Waals surface area contributed by atoms with Crippen LogP contribution in [0.15, 0.2) is 42.5 Å². The SMILES string of the molecule is CCCCCCCCCCCCCCCCCCOC(=O)CCNCCC[Si](C)(C)C[Si](C)(C)CCCNCC(C)C(=O)Nc1cccc2c1C(=O)c1ccccc1C2=O. The Morgan fingerprint density at radius 1 is 0.600 bits per heavy atom. The van der Waals surface area contributed by atoms with Crippen molar-refractivity contribution >= 4 is 45.3 Å². The van der Waals surface area contributed by atoms with E-state index in [2.05, 4.69) is 49.1 Å². The minimum absolute atomic E-state index is 0.0771. The fourth-order valence-corrected chi connectivity index (χ4v) is 23.0. The summed E-state index contributed by atoms with van der Waals surface area (Å²) >= 11 is 0. The van der Waals surface area contributed by atoms with Crippen LogP contribution in [0.4, 0.5) is 5.69 Å². The predicted octanol–water partition coefficient (Wildman–Crippen LogP) is 12.1. The molecule has 0 saturated carbocycles. The second kappa shape index (κ2) is 28.6. The lowest BCUT2D eigenvalue weighted by atomic mass is 9.83. The lowest BCUT2D eigenvalue weighted by Gasteiger charge is -2.32. The number of carbonyl (C=O) groups is 4. The number of hydrogen-bond donors (Lipinski definition) is 3. The molecule has 0 bridgehead atoms. The number of anilines is 1. The highest BCUT2D eigenvalue weighted by Crippen LogP contribution is 2.32. The number of benzene rings is 2. The first kappa shape index (κ1) is 51.4. The van der Waals surface area contributed by atoms with Crippen molar-refractivity contribution in [2.75, 3.05) is 38.1 Å². The van der Waals surface area contributed by atoms with Gasteiger partial charge in [0.1, 0.15) is 0 Å². The molecule has 0 heterocycles. The molecule has 60 heavy (non-hydrogen) atoms. The van der Waals surface area contributed by atoms with Crippen LogP contribution in [-0.2, 0) is 14.3 Å². The average Bonchev–Trinajstić information content (AvgIpc) is 3.21. The Morgan fingerprint density at radius 2 is 1.10 bits per heavy atom. The molecule has 1 amide bonds. The summed E-state index contributed by atoms with van der Waals surface area (Å²) in [5, 5.41) is 9.90. The monoisotopic (exact) mass is 862 g/mol. The van der Waals surface area contributed by atoms with Gasteiger partial charge in [-0.1, -0.05) is 191 Å². The maximum atomic E-state index is 13.3. The Labute approximate surface area is 367 Å². The summed E-state index contributed by atoms with van der Waals surface area (Å²) in [6, 6.07) is 14.5. The first-order valence-electron chi connectivity index (χ1n) is 24.0. The number of fused-ring (bicyclic) bond motifs is 2. The Kier molecular flexibility index (Phi) is 24.5. The van der Waals surface area contributed by atoms with Crippen molar-refractivity contribution in [3.05, 3.63) is 64.7 Å². The number of unbranched alkanes of at least 4 members (excludes halogenated alkanes) is 15. The normalized spacial score (nSPS) is 13.2. The molecular formula is C50H83N3O5Si2. The Morgan fingerprint density at radius 3 is 1.67 bits per heavy atom. The van der Waals surface area contributed by atoms with Crippen molar-refractivity contribution < 1.29 is 23.9 Å². The molecule has 0 radical (unpaired) electrons. The Balaban J connectivity index is 1.15. The molecule has 2 aromatic carbocycles. The molecular weight excluding hydrogens is 779 g/mol. The highest BCUT2D eigenvalue weighted by atomic mass is 28.4. The van der Waals surface area contributed by atoms with Crippen LogP contribution in [-0.4, -0.2) is 72.4 Å². The minimum Gasteiger partial charge on any atom is -0.466 e. The van der Waals surface area contributed by atoms with Gasteiger partial charge >= 0.3 is 5.97 Å². The number of carbonyl (C=O) groups excluding carboxylic acids is 4. The molecule has 8 nitrogen and oxygen atoms in total. The van der Waals surface area contributed by atoms with E-state index in [1.54, 1.807) is 42.5 Å². The quantitative estimate of drug-likeness (QED) is 0.0311. The summed E-state index contributed by atoms with van der Waals surface area (Å²) < 4.78 is 5.49. The molecule has 1 aliphatic rings. The molecule has 0 aromatic heterocycles. The predicted molar refractivity (Wildman–Crippen MR) is 257 cm³/mol. The first-order valence-corrected chi connectivity index (χ1v) is 30.9. The molecule has 0 saturated heterocycles. The number of ether oxygens (including phenoxy) is 1. The largest absolute Gasteiger partial charge is 0.466 e. The summed E-state index contributed by atoms with van der Waals surface area (Å²) in [6.45, 7) is 17.9. The van der Waals surface area contributed by atoms with Gasteiger partial charge in [0, 0.05) is 51.8 Å². The van der Waals surface area contributed by atoms with Gasteiger partial charge in [0.15, 0.2) is 11.6 Å². The van der Waals surface area contributed by atoms with E-state index in [1.165, 1.54) is 108 Å². The van der Waals surface area contributed by atoms with Crippen LogP contribution in [0.2, 0.25) is 43.9 Å². The van der Waals surface area contributed by atoms with Crippen LogP contribution in [0.25, 0.3) is 0 Å². The lowest BCUT2D eigenvalue weighted by Crippen LogP contribution is -2.40. The third-order valence-electron chi connectivity index (χ3n) is 12.2. The van der Waals surface area contributed by atoms with Gasteiger partial charge in [-0.05, 0) is 38.4 Å². The van der Waals surface area contributed by atoms with Crippen LogP contribution >= 0.6 is 0 Å². The molecule has 3 rings (SSSR count). The van der Waals surface area contributed by atoms with E-state index in [0.717, 1.165) is 38.8 Å². The second-order valence-corrected chi connectivity index (χ2v) is 30.3. The van der Waals surface area contributed by atoms with Gasteiger partial charge in [0.2, 0.25) is 5.91 Å². The van der Waals surface area contributed by atoms with Crippen molar-refractivity contribution in [3.63, 3.8) is 0 Å². The summed E-state index contributed by atoms with van der Waals surface area (Å²) in [4.78, 5) is 51.8. The fourth-order valence-electron chi connectivity index (χ4n) is 9.00. The summed E-state index contributed by atoms with van der Waals surface area (Å²) in [6.07, 6.45) is 24.2. The van der Waals surface area contributed by atoms with E-state index >= 15 is 0 Å². The Hall–Kier alpha value is -2.93. The van der Waals surface area contributed by atoms with Crippen LogP contribution in [0.3, 0.4) is 0 Å². The highest BCUT2D eigenvalue weighted by molar-refractivity contribution is 6.95. The molecule has 0 aliphatic heterocycles. The van der Waals surface area contributed by atoms with Gasteiger partial charge in [0.25, 0.3) is 0 Å². The third kappa shape index (κ3) is 19.8. The first-order chi connectivity index (χ1) is 28.8. The summed E-state index contributed by atoms with van der Waals surface area (Å²) in [5.41, 5.74) is 3.18. The van der Waals surface area contributed by atoms with E-state index in [1.807, 2.05) is 6.92 Å². The number of esters is 1. The van der Waals surface area contributed by atoms with Crippen LogP contribution < -0.4 is 16.0 Å². The van der Waals surface area contributed by atoms with Gasteiger partial charge in [-0.25, -0.2) is 0 Å². The van der Waals surface area contributed by atoms with Gasteiger partial charge in [-0.3, -0.25) is 19.2 Å². The molecule has 1 atom stereocenters.